The SMILES string of the molecule is CCNC(Cc1nccs1)c1cnn(-c2ccccc2)c1. The molecule has 1 atom stereocenters. The zero-order valence-electron chi connectivity index (χ0n) is 11.9. The Morgan fingerprint density at radius 2 is 2.14 bits per heavy atom. The maximum Gasteiger partial charge on any atom is 0.0943 e. The molecule has 1 aromatic carbocycles. The van der Waals surface area contributed by atoms with Crippen LogP contribution in [0.5, 0.6) is 0 Å². The van der Waals surface area contributed by atoms with Crippen molar-refractivity contribution in [1.29, 1.82) is 0 Å². The van der Waals surface area contributed by atoms with Crippen molar-refractivity contribution in [3.8, 4) is 5.69 Å². The number of thiazole rings is 1. The number of hydrogen-bond acceptors (Lipinski definition) is 4. The van der Waals surface area contributed by atoms with Crippen LogP contribution >= 0.6 is 11.3 Å². The van der Waals surface area contributed by atoms with Gasteiger partial charge in [0.15, 0.2) is 0 Å². The summed E-state index contributed by atoms with van der Waals surface area (Å²) in [7, 11) is 0. The lowest BCUT2D eigenvalue weighted by atomic mass is 10.1. The molecule has 0 amide bonds. The predicted molar refractivity (Wildman–Crippen MR) is 85.8 cm³/mol. The van der Waals surface area contributed by atoms with Crippen molar-refractivity contribution in [2.24, 2.45) is 0 Å². The van der Waals surface area contributed by atoms with Crippen LogP contribution in [0.15, 0.2) is 54.3 Å². The van der Waals surface area contributed by atoms with E-state index in [1.54, 1.807) is 11.3 Å². The van der Waals surface area contributed by atoms with E-state index in [0.717, 1.165) is 23.7 Å². The van der Waals surface area contributed by atoms with Crippen LogP contribution in [-0.4, -0.2) is 21.3 Å². The molecule has 0 radical (unpaired) electrons. The molecule has 1 N–H and O–H groups in total. The van der Waals surface area contributed by atoms with E-state index in [1.807, 2.05) is 40.7 Å². The predicted octanol–water partition coefficient (Wildman–Crippen LogP) is 3.22. The summed E-state index contributed by atoms with van der Waals surface area (Å²) in [5, 5.41) is 11.2. The highest BCUT2D eigenvalue weighted by Crippen LogP contribution is 2.20. The van der Waals surface area contributed by atoms with Crippen LogP contribution in [0.4, 0.5) is 0 Å². The number of aromatic nitrogens is 3. The molecule has 0 fully saturated rings. The number of hydrogen-bond donors (Lipinski definition) is 1. The second kappa shape index (κ2) is 6.65. The molecule has 1 unspecified atom stereocenters. The Labute approximate surface area is 128 Å². The average molecular weight is 298 g/mol. The van der Waals surface area contributed by atoms with Crippen LogP contribution in [0.2, 0.25) is 0 Å². The maximum atomic E-state index is 4.48. The van der Waals surface area contributed by atoms with Crippen LogP contribution in [-0.2, 0) is 6.42 Å². The quantitative estimate of drug-likeness (QED) is 0.760. The van der Waals surface area contributed by atoms with Crippen molar-refractivity contribution in [1.82, 2.24) is 20.1 Å². The van der Waals surface area contributed by atoms with Crippen molar-refractivity contribution in [2.45, 2.75) is 19.4 Å². The molecular formula is C16H18N4S. The fourth-order valence-corrected chi connectivity index (χ4v) is 2.98. The molecule has 0 spiro atoms. The van der Waals surface area contributed by atoms with Gasteiger partial charge in [-0.05, 0) is 18.7 Å². The topological polar surface area (TPSA) is 42.7 Å². The number of para-hydroxylation sites is 1. The Kier molecular flexibility index (Phi) is 4.43. The molecule has 0 aliphatic heterocycles. The first kappa shape index (κ1) is 14.0. The second-order valence-corrected chi connectivity index (χ2v) is 5.77. The summed E-state index contributed by atoms with van der Waals surface area (Å²) in [4.78, 5) is 4.38. The van der Waals surface area contributed by atoms with Crippen LogP contribution in [0.25, 0.3) is 5.69 Å². The van der Waals surface area contributed by atoms with Gasteiger partial charge in [0, 0.05) is 35.8 Å². The van der Waals surface area contributed by atoms with Gasteiger partial charge in [0.25, 0.3) is 0 Å². The van der Waals surface area contributed by atoms with Crippen LogP contribution < -0.4 is 5.32 Å². The van der Waals surface area contributed by atoms with Crippen LogP contribution in [0.1, 0.15) is 23.5 Å². The first-order valence-electron chi connectivity index (χ1n) is 7.08. The number of rotatable bonds is 6. The summed E-state index contributed by atoms with van der Waals surface area (Å²) in [6.07, 6.45) is 6.78. The van der Waals surface area contributed by atoms with Crippen molar-refractivity contribution in [3.63, 3.8) is 0 Å². The lowest BCUT2D eigenvalue weighted by Gasteiger charge is -2.14. The Bertz CT molecular complexity index is 661. The lowest BCUT2D eigenvalue weighted by Crippen LogP contribution is -2.22. The molecule has 0 saturated carbocycles. The Morgan fingerprint density at radius 3 is 2.86 bits per heavy atom. The zero-order valence-corrected chi connectivity index (χ0v) is 12.8. The van der Waals surface area contributed by atoms with E-state index in [2.05, 4.69) is 40.7 Å². The summed E-state index contributed by atoms with van der Waals surface area (Å²) in [5.41, 5.74) is 2.27. The van der Waals surface area contributed by atoms with E-state index < -0.39 is 0 Å². The highest BCUT2D eigenvalue weighted by atomic mass is 32.1. The van der Waals surface area contributed by atoms with Crippen molar-refractivity contribution in [2.75, 3.05) is 6.54 Å². The first-order chi connectivity index (χ1) is 10.4. The smallest absolute Gasteiger partial charge is 0.0943 e. The average Bonchev–Trinajstić information content (AvgIpc) is 3.19. The van der Waals surface area contributed by atoms with Gasteiger partial charge >= 0.3 is 0 Å². The van der Waals surface area contributed by atoms with Crippen molar-refractivity contribution < 1.29 is 0 Å². The van der Waals surface area contributed by atoms with Gasteiger partial charge in [0.1, 0.15) is 0 Å². The van der Waals surface area contributed by atoms with Crippen LogP contribution in [0, 0.1) is 0 Å². The fourth-order valence-electron chi connectivity index (χ4n) is 2.32. The molecule has 2 aromatic heterocycles. The molecule has 3 rings (SSSR count). The monoisotopic (exact) mass is 298 g/mol. The van der Waals surface area contributed by atoms with E-state index in [9.17, 15) is 0 Å². The Hall–Kier alpha value is -1.98. The number of likely N-dealkylation sites (N-methyl/N-ethyl adjacent to an activating group) is 1. The highest BCUT2D eigenvalue weighted by molar-refractivity contribution is 7.09. The van der Waals surface area contributed by atoms with Crippen molar-refractivity contribution >= 4 is 11.3 Å². The number of nitrogens with one attached hydrogen (secondary N) is 1. The third-order valence-electron chi connectivity index (χ3n) is 3.34. The van der Waals surface area contributed by atoms with Gasteiger partial charge in [-0.15, -0.1) is 11.3 Å². The van der Waals surface area contributed by atoms with Gasteiger partial charge in [0.2, 0.25) is 0 Å². The maximum absolute atomic E-state index is 4.48. The first-order valence-corrected chi connectivity index (χ1v) is 7.96. The fraction of sp³-hybridized carbons (Fsp3) is 0.250. The third-order valence-corrected chi connectivity index (χ3v) is 4.14. The van der Waals surface area contributed by atoms with Gasteiger partial charge in [-0.2, -0.15) is 5.10 Å². The molecule has 108 valence electrons. The molecule has 0 aliphatic rings. The van der Waals surface area contributed by atoms with Gasteiger partial charge in [-0.3, -0.25) is 0 Å². The van der Waals surface area contributed by atoms with E-state index in [4.69, 9.17) is 0 Å². The molecule has 4 nitrogen and oxygen atoms in total. The minimum absolute atomic E-state index is 0.249. The molecule has 2 heterocycles. The molecule has 21 heavy (non-hydrogen) atoms. The van der Waals surface area contributed by atoms with Gasteiger partial charge in [0.05, 0.1) is 16.9 Å². The lowest BCUT2D eigenvalue weighted by molar-refractivity contribution is 0.548. The normalized spacial score (nSPS) is 12.4. The third kappa shape index (κ3) is 3.37. The second-order valence-electron chi connectivity index (χ2n) is 4.79. The van der Waals surface area contributed by atoms with E-state index in [-0.39, 0.29) is 6.04 Å². The standard InChI is InChI=1S/C16H18N4S/c1-2-17-15(10-16-18-8-9-21-16)13-11-19-20(12-13)14-6-4-3-5-7-14/h3-9,11-12,15,17H,2,10H2,1H3. The largest absolute Gasteiger partial charge is 0.310 e. The van der Waals surface area contributed by atoms with E-state index >= 15 is 0 Å². The number of nitrogens with zero attached hydrogens (tertiary/aromatic N) is 3. The molecule has 0 saturated heterocycles. The van der Waals surface area contributed by atoms with Crippen LogP contribution in [0.3, 0.4) is 0 Å². The minimum Gasteiger partial charge on any atom is -0.310 e. The summed E-state index contributed by atoms with van der Waals surface area (Å²) < 4.78 is 1.92. The molecule has 0 bridgehead atoms. The summed E-state index contributed by atoms with van der Waals surface area (Å²) in [5.74, 6) is 0. The Balaban J connectivity index is 1.81. The Morgan fingerprint density at radius 1 is 1.29 bits per heavy atom. The summed E-state index contributed by atoms with van der Waals surface area (Å²) >= 11 is 1.70. The van der Waals surface area contributed by atoms with Gasteiger partial charge < -0.3 is 5.32 Å². The van der Waals surface area contributed by atoms with E-state index in [0.29, 0.717) is 0 Å². The van der Waals surface area contributed by atoms with Crippen molar-refractivity contribution in [3.05, 3.63) is 64.9 Å². The zero-order chi connectivity index (χ0) is 14.5. The highest BCUT2D eigenvalue weighted by Gasteiger charge is 2.15. The van der Waals surface area contributed by atoms with E-state index in [1.165, 1.54) is 5.56 Å². The molecule has 5 heteroatoms. The summed E-state index contributed by atoms with van der Waals surface area (Å²) in [6.45, 7) is 3.04. The number of benzene rings is 1. The molecule has 0 aliphatic carbocycles. The minimum atomic E-state index is 0.249. The summed E-state index contributed by atoms with van der Waals surface area (Å²) in [6, 6.07) is 10.4. The van der Waals surface area contributed by atoms with Gasteiger partial charge in [-0.1, -0.05) is 25.1 Å². The molecule has 3 aromatic rings. The molecular weight excluding hydrogens is 280 g/mol. The van der Waals surface area contributed by atoms with Gasteiger partial charge in [-0.25, -0.2) is 9.67 Å².